The van der Waals surface area contributed by atoms with E-state index in [2.05, 4.69) is 15.6 Å². The lowest BCUT2D eigenvalue weighted by molar-refractivity contribution is -0.124. The quantitative estimate of drug-likeness (QED) is 0.559. The van der Waals surface area contributed by atoms with Crippen molar-refractivity contribution in [2.24, 2.45) is 0 Å². The second-order valence-corrected chi connectivity index (χ2v) is 5.44. The van der Waals surface area contributed by atoms with Crippen molar-refractivity contribution < 1.29 is 14.7 Å². The standard InChI is InChI=1S/C14H16N4O4/c1-7-2-10(18-6-9(7)17-14(18)22)13(21)16-4-8-3-11(19)12(20)5-15-8/h2-3,5,9-10,20H,4,6H2,1H3,(H,15,19)(H,16,21)(H,17,22)/t9-,10-/m0/s1. The number of aromatic amines is 1. The number of aromatic nitrogens is 1. The van der Waals surface area contributed by atoms with Gasteiger partial charge in [0.25, 0.3) is 0 Å². The number of hydrogen-bond acceptors (Lipinski definition) is 4. The lowest BCUT2D eigenvalue weighted by Crippen LogP contribution is -2.48. The van der Waals surface area contributed by atoms with Crippen molar-refractivity contribution >= 4 is 11.9 Å². The minimum absolute atomic E-state index is 0.0231. The van der Waals surface area contributed by atoms with Crippen molar-refractivity contribution in [2.75, 3.05) is 6.54 Å². The monoisotopic (exact) mass is 304 g/mol. The summed E-state index contributed by atoms with van der Waals surface area (Å²) < 4.78 is 0. The molecular formula is C14H16N4O4. The highest BCUT2D eigenvalue weighted by atomic mass is 16.3. The maximum absolute atomic E-state index is 12.3. The number of carbonyl (C=O) groups excluding carboxylic acids is 2. The molecule has 0 unspecified atom stereocenters. The number of H-pyrrole nitrogens is 1. The molecule has 22 heavy (non-hydrogen) atoms. The molecule has 0 radical (unpaired) electrons. The van der Waals surface area contributed by atoms with Crippen LogP contribution in [0.15, 0.2) is 28.7 Å². The highest BCUT2D eigenvalue weighted by Crippen LogP contribution is 2.22. The first-order valence-corrected chi connectivity index (χ1v) is 6.89. The van der Waals surface area contributed by atoms with E-state index in [0.29, 0.717) is 12.2 Å². The molecule has 1 fully saturated rings. The van der Waals surface area contributed by atoms with Gasteiger partial charge >= 0.3 is 6.03 Å². The molecule has 3 rings (SSSR count). The van der Waals surface area contributed by atoms with Crippen LogP contribution in [-0.2, 0) is 11.3 Å². The molecular weight excluding hydrogens is 288 g/mol. The second kappa shape index (κ2) is 5.21. The average Bonchev–Trinajstić information content (AvgIpc) is 2.82. The van der Waals surface area contributed by atoms with Crippen molar-refractivity contribution in [1.82, 2.24) is 20.5 Å². The minimum Gasteiger partial charge on any atom is -0.503 e. The van der Waals surface area contributed by atoms with Gasteiger partial charge < -0.3 is 25.6 Å². The van der Waals surface area contributed by atoms with E-state index in [1.807, 2.05) is 6.92 Å². The number of nitrogens with zero attached hydrogens (tertiary/aromatic N) is 1. The Hall–Kier alpha value is -2.77. The molecule has 8 heteroatoms. The lowest BCUT2D eigenvalue weighted by atomic mass is 10.0. The molecule has 3 amide bonds. The van der Waals surface area contributed by atoms with E-state index in [-0.39, 0.29) is 30.3 Å². The van der Waals surface area contributed by atoms with E-state index in [9.17, 15) is 14.4 Å². The molecule has 2 aliphatic heterocycles. The first-order chi connectivity index (χ1) is 10.5. The molecule has 3 heterocycles. The molecule has 2 atom stereocenters. The molecule has 116 valence electrons. The van der Waals surface area contributed by atoms with Gasteiger partial charge in [-0.3, -0.25) is 9.59 Å². The third kappa shape index (κ3) is 2.43. The Morgan fingerprint density at radius 2 is 2.27 bits per heavy atom. The number of pyridine rings is 1. The third-order valence-electron chi connectivity index (χ3n) is 3.92. The number of urea groups is 1. The van der Waals surface area contributed by atoms with Gasteiger partial charge in [0, 0.05) is 24.5 Å². The maximum Gasteiger partial charge on any atom is 0.318 e. The van der Waals surface area contributed by atoms with Gasteiger partial charge in [0.15, 0.2) is 5.75 Å². The van der Waals surface area contributed by atoms with Gasteiger partial charge in [-0.2, -0.15) is 0 Å². The second-order valence-electron chi connectivity index (χ2n) is 5.44. The maximum atomic E-state index is 12.3. The number of hydrogen-bond donors (Lipinski definition) is 4. The fourth-order valence-electron chi connectivity index (χ4n) is 2.62. The predicted octanol–water partition coefficient (Wildman–Crippen LogP) is -0.581. The van der Waals surface area contributed by atoms with Gasteiger partial charge in [-0.1, -0.05) is 11.6 Å². The Morgan fingerprint density at radius 3 is 3.00 bits per heavy atom. The number of rotatable bonds is 3. The summed E-state index contributed by atoms with van der Waals surface area (Å²) in [6.07, 6.45) is 2.94. The summed E-state index contributed by atoms with van der Waals surface area (Å²) in [4.78, 5) is 39.6. The summed E-state index contributed by atoms with van der Waals surface area (Å²) >= 11 is 0. The zero-order valence-electron chi connectivity index (χ0n) is 11.9. The first-order valence-electron chi connectivity index (χ1n) is 6.89. The topological polar surface area (TPSA) is 115 Å². The van der Waals surface area contributed by atoms with Crippen LogP contribution in [0, 0.1) is 0 Å². The van der Waals surface area contributed by atoms with Gasteiger partial charge in [-0.25, -0.2) is 4.79 Å². The lowest BCUT2D eigenvalue weighted by Gasteiger charge is -2.27. The van der Waals surface area contributed by atoms with Crippen LogP contribution in [-0.4, -0.2) is 45.6 Å². The highest BCUT2D eigenvalue weighted by molar-refractivity contribution is 5.91. The smallest absolute Gasteiger partial charge is 0.318 e. The van der Waals surface area contributed by atoms with Crippen molar-refractivity contribution in [1.29, 1.82) is 0 Å². The molecule has 0 aromatic carbocycles. The van der Waals surface area contributed by atoms with E-state index in [1.165, 1.54) is 17.2 Å². The first kappa shape index (κ1) is 14.2. The van der Waals surface area contributed by atoms with Crippen LogP contribution in [0.25, 0.3) is 0 Å². The van der Waals surface area contributed by atoms with Crippen LogP contribution < -0.4 is 16.1 Å². The molecule has 1 saturated heterocycles. The Labute approximate surface area is 125 Å². The molecule has 4 N–H and O–H groups in total. The molecule has 8 nitrogen and oxygen atoms in total. The number of aromatic hydroxyl groups is 1. The summed E-state index contributed by atoms with van der Waals surface area (Å²) in [5.41, 5.74) is 0.912. The van der Waals surface area contributed by atoms with Crippen molar-refractivity contribution in [3.63, 3.8) is 0 Å². The summed E-state index contributed by atoms with van der Waals surface area (Å²) in [7, 11) is 0. The molecule has 2 aliphatic rings. The van der Waals surface area contributed by atoms with Crippen LogP contribution >= 0.6 is 0 Å². The SMILES string of the molecule is CC1=C[C@@H](C(=O)NCc2cc(=O)c(O)c[nH]2)N2C[C@@H]1NC2=O. The number of carbonyl (C=O) groups is 2. The number of fused-ring (bicyclic) bond motifs is 2. The van der Waals surface area contributed by atoms with E-state index < -0.39 is 11.5 Å². The van der Waals surface area contributed by atoms with Crippen molar-refractivity contribution in [2.45, 2.75) is 25.6 Å². The molecule has 0 aliphatic carbocycles. The van der Waals surface area contributed by atoms with Gasteiger partial charge in [-0.15, -0.1) is 0 Å². The molecule has 1 aromatic heterocycles. The zero-order chi connectivity index (χ0) is 15.9. The summed E-state index contributed by atoms with van der Waals surface area (Å²) in [5, 5.41) is 14.6. The Bertz CT molecular complexity index is 724. The Balaban J connectivity index is 1.69. The zero-order valence-corrected chi connectivity index (χ0v) is 11.9. The normalized spacial score (nSPS) is 23.0. The van der Waals surface area contributed by atoms with Crippen LogP contribution in [0.3, 0.4) is 0 Å². The van der Waals surface area contributed by atoms with Gasteiger partial charge in [-0.05, 0) is 6.92 Å². The van der Waals surface area contributed by atoms with Crippen LogP contribution in [0.1, 0.15) is 12.6 Å². The average molecular weight is 304 g/mol. The van der Waals surface area contributed by atoms with Crippen molar-refractivity contribution in [3.8, 4) is 5.75 Å². The molecule has 1 aromatic rings. The number of nitrogens with one attached hydrogen (secondary N) is 3. The van der Waals surface area contributed by atoms with E-state index in [4.69, 9.17) is 5.11 Å². The van der Waals surface area contributed by atoms with Crippen LogP contribution in [0.4, 0.5) is 4.79 Å². The molecule has 0 spiro atoms. The Kier molecular flexibility index (Phi) is 3.36. The molecule has 2 bridgehead atoms. The van der Waals surface area contributed by atoms with E-state index in [1.54, 1.807) is 6.08 Å². The van der Waals surface area contributed by atoms with Crippen LogP contribution in [0.2, 0.25) is 0 Å². The van der Waals surface area contributed by atoms with E-state index in [0.717, 1.165) is 5.57 Å². The van der Waals surface area contributed by atoms with Gasteiger partial charge in [0.1, 0.15) is 6.04 Å². The van der Waals surface area contributed by atoms with Crippen LogP contribution in [0.5, 0.6) is 5.75 Å². The van der Waals surface area contributed by atoms with Crippen molar-refractivity contribution in [3.05, 3.63) is 39.8 Å². The van der Waals surface area contributed by atoms with Gasteiger partial charge in [0.2, 0.25) is 11.3 Å². The Morgan fingerprint density at radius 1 is 1.50 bits per heavy atom. The largest absolute Gasteiger partial charge is 0.503 e. The third-order valence-corrected chi connectivity index (χ3v) is 3.92. The fraction of sp³-hybridized carbons (Fsp3) is 0.357. The summed E-state index contributed by atoms with van der Waals surface area (Å²) in [6, 6.07) is 0.291. The summed E-state index contributed by atoms with van der Waals surface area (Å²) in [5.74, 6) is -0.690. The minimum atomic E-state index is -0.650. The van der Waals surface area contributed by atoms with E-state index >= 15 is 0 Å². The predicted molar refractivity (Wildman–Crippen MR) is 77.1 cm³/mol. The molecule has 0 saturated carbocycles. The summed E-state index contributed by atoms with van der Waals surface area (Å²) in [6.45, 7) is 2.47. The fourth-order valence-corrected chi connectivity index (χ4v) is 2.62. The highest BCUT2D eigenvalue weighted by Gasteiger charge is 2.40. The number of amides is 3. The van der Waals surface area contributed by atoms with Gasteiger partial charge in [0.05, 0.1) is 12.6 Å².